The fourth-order valence-corrected chi connectivity index (χ4v) is 2.05. The zero-order valence-corrected chi connectivity index (χ0v) is 11.5. The van der Waals surface area contributed by atoms with Crippen LogP contribution in [-0.2, 0) is 9.47 Å². The molecule has 0 amide bonds. The fourth-order valence-electron chi connectivity index (χ4n) is 2.05. The Bertz CT molecular complexity index is 201. The van der Waals surface area contributed by atoms with Gasteiger partial charge in [-0.05, 0) is 52.4 Å². The maximum atomic E-state index is 5.69. The van der Waals surface area contributed by atoms with Gasteiger partial charge in [-0.15, -0.1) is 0 Å². The first-order chi connectivity index (χ1) is 8.29. The Morgan fingerprint density at radius 1 is 1.18 bits per heavy atom. The average molecular weight is 240 g/mol. The third kappa shape index (κ3) is 8.39. The second-order valence-corrected chi connectivity index (χ2v) is 5.15. The van der Waals surface area contributed by atoms with Gasteiger partial charge in [-0.2, -0.15) is 0 Å². The van der Waals surface area contributed by atoms with Crippen molar-refractivity contribution < 1.29 is 9.47 Å². The summed E-state index contributed by atoms with van der Waals surface area (Å²) in [5, 5.41) is 0. The van der Waals surface area contributed by atoms with Gasteiger partial charge in [0.1, 0.15) is 0 Å². The van der Waals surface area contributed by atoms with Crippen LogP contribution in [0.1, 0.15) is 65.2 Å². The summed E-state index contributed by atoms with van der Waals surface area (Å²) in [7, 11) is 0. The van der Waals surface area contributed by atoms with Crippen LogP contribution in [0.4, 0.5) is 0 Å². The summed E-state index contributed by atoms with van der Waals surface area (Å²) in [5.41, 5.74) is 1.43. The minimum Gasteiger partial charge on any atom is -0.353 e. The van der Waals surface area contributed by atoms with E-state index in [0.29, 0.717) is 0 Å². The molecule has 1 fully saturated rings. The van der Waals surface area contributed by atoms with Crippen molar-refractivity contribution in [3.05, 3.63) is 11.6 Å². The number of hydrogen-bond acceptors (Lipinski definition) is 2. The van der Waals surface area contributed by atoms with Gasteiger partial charge in [0.15, 0.2) is 6.29 Å². The Labute approximate surface area is 106 Å². The molecule has 0 aromatic carbocycles. The Morgan fingerprint density at radius 2 is 2.00 bits per heavy atom. The molecule has 0 radical (unpaired) electrons. The number of rotatable bonds is 8. The molecule has 0 bridgehead atoms. The van der Waals surface area contributed by atoms with Crippen LogP contribution < -0.4 is 0 Å². The highest BCUT2D eigenvalue weighted by Gasteiger charge is 2.12. The normalized spacial score (nSPS) is 20.2. The highest BCUT2D eigenvalue weighted by atomic mass is 16.7. The molecule has 1 saturated heterocycles. The second-order valence-electron chi connectivity index (χ2n) is 5.15. The molecule has 1 unspecified atom stereocenters. The van der Waals surface area contributed by atoms with Gasteiger partial charge < -0.3 is 9.47 Å². The van der Waals surface area contributed by atoms with Crippen LogP contribution in [0, 0.1) is 0 Å². The van der Waals surface area contributed by atoms with E-state index < -0.39 is 0 Å². The van der Waals surface area contributed by atoms with E-state index in [4.69, 9.17) is 9.47 Å². The Morgan fingerprint density at radius 3 is 2.71 bits per heavy atom. The summed E-state index contributed by atoms with van der Waals surface area (Å²) in [4.78, 5) is 0. The van der Waals surface area contributed by atoms with Crippen molar-refractivity contribution >= 4 is 0 Å². The lowest BCUT2D eigenvalue weighted by Gasteiger charge is -2.22. The summed E-state index contributed by atoms with van der Waals surface area (Å²) in [6.45, 7) is 6.08. The highest BCUT2D eigenvalue weighted by molar-refractivity contribution is 4.92. The highest BCUT2D eigenvalue weighted by Crippen LogP contribution is 2.14. The van der Waals surface area contributed by atoms with Crippen LogP contribution in [-0.4, -0.2) is 19.5 Å². The minimum atomic E-state index is 0.0921. The molecule has 1 aliphatic rings. The second kappa shape index (κ2) is 9.67. The standard InChI is InChI=1S/C15H28O2/c1-14(2)10-6-4-3-5-8-12-16-15-11-7-9-13-17-15/h10,15H,3-9,11-13H2,1-2H3. The van der Waals surface area contributed by atoms with Gasteiger partial charge in [-0.1, -0.05) is 24.5 Å². The molecule has 2 nitrogen and oxygen atoms in total. The van der Waals surface area contributed by atoms with E-state index in [-0.39, 0.29) is 6.29 Å². The first kappa shape index (κ1) is 14.7. The largest absolute Gasteiger partial charge is 0.353 e. The van der Waals surface area contributed by atoms with Gasteiger partial charge in [-0.3, -0.25) is 0 Å². The molecular weight excluding hydrogens is 212 g/mol. The molecule has 0 aliphatic carbocycles. The number of hydrogen-bond donors (Lipinski definition) is 0. The van der Waals surface area contributed by atoms with Crippen molar-refractivity contribution in [2.24, 2.45) is 0 Å². The zero-order chi connectivity index (χ0) is 12.3. The Hall–Kier alpha value is -0.340. The third-order valence-electron chi connectivity index (χ3n) is 3.09. The molecule has 1 atom stereocenters. The van der Waals surface area contributed by atoms with Crippen molar-refractivity contribution in [3.8, 4) is 0 Å². The van der Waals surface area contributed by atoms with Crippen molar-refractivity contribution in [2.45, 2.75) is 71.5 Å². The summed E-state index contributed by atoms with van der Waals surface area (Å²) >= 11 is 0. The lowest BCUT2D eigenvalue weighted by Crippen LogP contribution is -2.22. The van der Waals surface area contributed by atoms with E-state index in [9.17, 15) is 0 Å². The van der Waals surface area contributed by atoms with Crippen LogP contribution in [0.5, 0.6) is 0 Å². The first-order valence-electron chi connectivity index (χ1n) is 7.15. The van der Waals surface area contributed by atoms with Gasteiger partial charge in [0.05, 0.1) is 0 Å². The van der Waals surface area contributed by atoms with E-state index in [1.807, 2.05) is 0 Å². The summed E-state index contributed by atoms with van der Waals surface area (Å²) in [6, 6.07) is 0. The summed E-state index contributed by atoms with van der Waals surface area (Å²) in [6.07, 6.45) is 12.3. The minimum absolute atomic E-state index is 0.0921. The Balaban J connectivity index is 1.82. The molecule has 1 heterocycles. The maximum Gasteiger partial charge on any atom is 0.157 e. The Kier molecular flexibility index (Phi) is 8.37. The van der Waals surface area contributed by atoms with Gasteiger partial charge in [-0.25, -0.2) is 0 Å². The summed E-state index contributed by atoms with van der Waals surface area (Å²) in [5.74, 6) is 0. The monoisotopic (exact) mass is 240 g/mol. The molecule has 2 heteroatoms. The quantitative estimate of drug-likeness (QED) is 0.461. The van der Waals surface area contributed by atoms with Crippen LogP contribution in [0.15, 0.2) is 11.6 Å². The SMILES string of the molecule is CC(C)=CCCCCCCOC1CCCCO1. The number of ether oxygens (including phenoxy) is 2. The maximum absolute atomic E-state index is 5.69. The lowest BCUT2D eigenvalue weighted by atomic mass is 10.1. The first-order valence-corrected chi connectivity index (χ1v) is 7.15. The van der Waals surface area contributed by atoms with Crippen LogP contribution in [0.25, 0.3) is 0 Å². The molecule has 0 spiro atoms. The lowest BCUT2D eigenvalue weighted by molar-refractivity contribution is -0.162. The number of allylic oxidation sites excluding steroid dienone is 2. The van der Waals surface area contributed by atoms with Crippen molar-refractivity contribution in [1.82, 2.24) is 0 Å². The topological polar surface area (TPSA) is 18.5 Å². The fraction of sp³-hybridized carbons (Fsp3) is 0.867. The predicted molar refractivity (Wildman–Crippen MR) is 72.1 cm³/mol. The van der Waals surface area contributed by atoms with E-state index in [0.717, 1.165) is 19.6 Å². The summed E-state index contributed by atoms with van der Waals surface area (Å²) < 4.78 is 11.2. The van der Waals surface area contributed by atoms with E-state index in [1.165, 1.54) is 50.5 Å². The van der Waals surface area contributed by atoms with Gasteiger partial charge in [0.25, 0.3) is 0 Å². The third-order valence-corrected chi connectivity index (χ3v) is 3.09. The molecule has 0 N–H and O–H groups in total. The molecule has 0 aromatic heterocycles. The molecule has 100 valence electrons. The molecular formula is C15H28O2. The van der Waals surface area contributed by atoms with Crippen molar-refractivity contribution in [3.63, 3.8) is 0 Å². The van der Waals surface area contributed by atoms with Gasteiger partial charge >= 0.3 is 0 Å². The molecule has 17 heavy (non-hydrogen) atoms. The van der Waals surface area contributed by atoms with Crippen LogP contribution in [0.2, 0.25) is 0 Å². The number of unbranched alkanes of at least 4 members (excludes halogenated alkanes) is 4. The van der Waals surface area contributed by atoms with E-state index in [2.05, 4.69) is 19.9 Å². The smallest absolute Gasteiger partial charge is 0.157 e. The molecule has 1 aliphatic heterocycles. The predicted octanol–water partition coefficient (Wildman–Crippen LogP) is 4.45. The van der Waals surface area contributed by atoms with Crippen molar-refractivity contribution in [1.29, 1.82) is 0 Å². The average Bonchev–Trinajstić information content (AvgIpc) is 2.33. The van der Waals surface area contributed by atoms with Crippen LogP contribution >= 0.6 is 0 Å². The van der Waals surface area contributed by atoms with Gasteiger partial charge in [0.2, 0.25) is 0 Å². The van der Waals surface area contributed by atoms with E-state index >= 15 is 0 Å². The van der Waals surface area contributed by atoms with Crippen LogP contribution in [0.3, 0.4) is 0 Å². The van der Waals surface area contributed by atoms with E-state index in [1.54, 1.807) is 0 Å². The van der Waals surface area contributed by atoms with Crippen molar-refractivity contribution in [2.75, 3.05) is 13.2 Å². The molecule has 0 saturated carbocycles. The molecule has 0 aromatic rings. The molecule has 1 rings (SSSR count). The van der Waals surface area contributed by atoms with Gasteiger partial charge in [0, 0.05) is 13.2 Å². The zero-order valence-electron chi connectivity index (χ0n) is 11.5.